The van der Waals surface area contributed by atoms with Gasteiger partial charge < -0.3 is 9.47 Å². The van der Waals surface area contributed by atoms with E-state index in [1.165, 1.54) is 17.3 Å². The Kier molecular flexibility index (Phi) is 5.84. The van der Waals surface area contributed by atoms with Crippen LogP contribution in [0.5, 0.6) is 11.5 Å². The van der Waals surface area contributed by atoms with E-state index in [0.717, 1.165) is 43.4 Å². The molecule has 0 atom stereocenters. The van der Waals surface area contributed by atoms with E-state index >= 15 is 0 Å². The maximum absolute atomic E-state index is 12.9. The van der Waals surface area contributed by atoms with E-state index in [1.807, 2.05) is 16.8 Å². The number of nitrogens with one attached hydrogen (secondary N) is 1. The van der Waals surface area contributed by atoms with Gasteiger partial charge in [0.05, 0.1) is 30.3 Å². The maximum Gasteiger partial charge on any atom is 0.240 e. The third-order valence-electron chi connectivity index (χ3n) is 5.86. The van der Waals surface area contributed by atoms with E-state index in [-0.39, 0.29) is 11.4 Å². The van der Waals surface area contributed by atoms with Crippen molar-refractivity contribution in [3.05, 3.63) is 54.0 Å². The van der Waals surface area contributed by atoms with E-state index in [4.69, 9.17) is 14.6 Å². The summed E-state index contributed by atoms with van der Waals surface area (Å²) in [6.07, 6.45) is 8.54. The molecular weight excluding hydrogens is 428 g/mol. The molecule has 0 radical (unpaired) electrons. The molecule has 2 aliphatic rings. The first kappa shape index (κ1) is 21.0. The first-order valence-electron chi connectivity index (χ1n) is 11.0. The normalized spacial score (nSPS) is 15.8. The summed E-state index contributed by atoms with van der Waals surface area (Å²) in [5.74, 6) is 1.04. The molecule has 0 saturated carbocycles. The van der Waals surface area contributed by atoms with Gasteiger partial charge in [-0.3, -0.25) is 9.67 Å². The van der Waals surface area contributed by atoms with E-state index in [1.54, 1.807) is 24.5 Å². The molecule has 0 amide bonds. The predicted molar refractivity (Wildman–Crippen MR) is 119 cm³/mol. The summed E-state index contributed by atoms with van der Waals surface area (Å²) in [5, 5.41) is 4.84. The van der Waals surface area contributed by atoms with Crippen LogP contribution >= 0.6 is 0 Å². The summed E-state index contributed by atoms with van der Waals surface area (Å²) in [5.41, 5.74) is 4.50. The lowest BCUT2D eigenvalue weighted by atomic mass is 9.94. The van der Waals surface area contributed by atoms with Crippen LogP contribution in [0.25, 0.3) is 11.3 Å². The first-order valence-corrected chi connectivity index (χ1v) is 12.5. The third kappa shape index (κ3) is 4.22. The van der Waals surface area contributed by atoms with E-state index in [2.05, 4.69) is 9.71 Å². The van der Waals surface area contributed by atoms with Crippen LogP contribution in [-0.2, 0) is 29.4 Å². The topological polar surface area (TPSA) is 95.3 Å². The fourth-order valence-corrected chi connectivity index (χ4v) is 5.31. The zero-order valence-corrected chi connectivity index (χ0v) is 18.6. The highest BCUT2D eigenvalue weighted by atomic mass is 32.2. The maximum atomic E-state index is 12.9. The number of benzene rings is 1. The van der Waals surface area contributed by atoms with Gasteiger partial charge in [0, 0.05) is 48.2 Å². The fourth-order valence-electron chi connectivity index (χ4n) is 4.28. The van der Waals surface area contributed by atoms with Crippen molar-refractivity contribution in [3.8, 4) is 22.8 Å². The number of hydrogen-bond donors (Lipinski definition) is 1. The Hall–Kier alpha value is -2.91. The second-order valence-corrected chi connectivity index (χ2v) is 9.76. The number of aromatic nitrogens is 3. The number of hydrogen-bond acceptors (Lipinski definition) is 6. The number of fused-ring (bicyclic) bond motifs is 2. The van der Waals surface area contributed by atoms with Crippen LogP contribution in [-0.4, -0.2) is 42.9 Å². The lowest BCUT2D eigenvalue weighted by Gasteiger charge is -2.15. The van der Waals surface area contributed by atoms with Crippen molar-refractivity contribution in [2.75, 3.05) is 19.8 Å². The summed E-state index contributed by atoms with van der Waals surface area (Å²) < 4.78 is 41.6. The highest BCUT2D eigenvalue weighted by Gasteiger charge is 2.23. The monoisotopic (exact) mass is 454 g/mol. The molecule has 2 aromatic heterocycles. The van der Waals surface area contributed by atoms with Crippen molar-refractivity contribution < 1.29 is 17.9 Å². The number of sulfonamides is 1. The van der Waals surface area contributed by atoms with Crippen LogP contribution in [0.15, 0.2) is 47.6 Å². The molecule has 1 aliphatic heterocycles. The molecule has 3 aromatic rings. The molecule has 0 bridgehead atoms. The van der Waals surface area contributed by atoms with Crippen molar-refractivity contribution in [2.24, 2.45) is 0 Å². The second-order valence-electron chi connectivity index (χ2n) is 8.00. The molecule has 3 heterocycles. The molecular formula is C23H26N4O4S. The fraction of sp³-hybridized carbons (Fsp3) is 0.391. The summed E-state index contributed by atoms with van der Waals surface area (Å²) in [6, 6.07) is 8.66. The van der Waals surface area contributed by atoms with Crippen molar-refractivity contribution >= 4 is 10.0 Å². The molecule has 9 heteroatoms. The predicted octanol–water partition coefficient (Wildman–Crippen LogP) is 2.96. The summed E-state index contributed by atoms with van der Waals surface area (Å²) in [6.45, 7) is 1.79. The zero-order chi connectivity index (χ0) is 22.0. The molecule has 1 aliphatic carbocycles. The number of pyridine rings is 1. The average molecular weight is 455 g/mol. The van der Waals surface area contributed by atoms with Gasteiger partial charge >= 0.3 is 0 Å². The second kappa shape index (κ2) is 8.91. The third-order valence-corrected chi connectivity index (χ3v) is 7.31. The standard InChI is InChI=1S/C23H26N4O4S/c28-32(29,18-6-7-21-22(16-18)31-15-3-14-30-21)25-12-13-27-20-5-2-1-4-19(20)23(26-27)17-8-10-24-11-9-17/h6-11,16,25H,1-5,12-15H2. The van der Waals surface area contributed by atoms with E-state index in [0.29, 0.717) is 31.3 Å². The van der Waals surface area contributed by atoms with Gasteiger partial charge in [0.15, 0.2) is 11.5 Å². The molecule has 0 spiro atoms. The van der Waals surface area contributed by atoms with E-state index in [9.17, 15) is 8.42 Å². The van der Waals surface area contributed by atoms with Crippen LogP contribution in [0.2, 0.25) is 0 Å². The van der Waals surface area contributed by atoms with Crippen LogP contribution in [0, 0.1) is 0 Å². The molecule has 32 heavy (non-hydrogen) atoms. The smallest absolute Gasteiger partial charge is 0.240 e. The van der Waals surface area contributed by atoms with Crippen LogP contribution < -0.4 is 14.2 Å². The quantitative estimate of drug-likeness (QED) is 0.615. The van der Waals surface area contributed by atoms with Gasteiger partial charge in [0.1, 0.15) is 0 Å². The molecule has 0 saturated heterocycles. The Balaban J connectivity index is 1.32. The minimum absolute atomic E-state index is 0.168. The van der Waals surface area contributed by atoms with Gasteiger partial charge in [-0.15, -0.1) is 0 Å². The molecule has 1 aromatic carbocycles. The Bertz CT molecular complexity index is 1210. The van der Waals surface area contributed by atoms with Crippen molar-refractivity contribution in [1.29, 1.82) is 0 Å². The van der Waals surface area contributed by atoms with Gasteiger partial charge in [0.2, 0.25) is 10.0 Å². The summed E-state index contributed by atoms with van der Waals surface area (Å²) in [7, 11) is -3.68. The minimum Gasteiger partial charge on any atom is -0.490 e. The highest BCUT2D eigenvalue weighted by Crippen LogP contribution is 2.32. The van der Waals surface area contributed by atoms with Gasteiger partial charge in [-0.1, -0.05) is 0 Å². The number of ether oxygens (including phenoxy) is 2. The van der Waals surface area contributed by atoms with Gasteiger partial charge in [-0.05, 0) is 49.9 Å². The van der Waals surface area contributed by atoms with E-state index < -0.39 is 10.0 Å². The molecule has 5 rings (SSSR count). The zero-order valence-electron chi connectivity index (χ0n) is 17.8. The summed E-state index contributed by atoms with van der Waals surface area (Å²) >= 11 is 0. The van der Waals surface area contributed by atoms with Gasteiger partial charge in [-0.2, -0.15) is 5.10 Å². The lowest BCUT2D eigenvalue weighted by molar-refractivity contribution is 0.297. The lowest BCUT2D eigenvalue weighted by Crippen LogP contribution is -2.28. The van der Waals surface area contributed by atoms with Crippen LogP contribution in [0.1, 0.15) is 30.5 Å². The molecule has 8 nitrogen and oxygen atoms in total. The number of rotatable bonds is 6. The Morgan fingerprint density at radius 1 is 0.969 bits per heavy atom. The largest absolute Gasteiger partial charge is 0.490 e. The Labute approximate surface area is 187 Å². The van der Waals surface area contributed by atoms with Crippen molar-refractivity contribution in [2.45, 2.75) is 43.5 Å². The van der Waals surface area contributed by atoms with Crippen LogP contribution in [0.3, 0.4) is 0 Å². The molecule has 168 valence electrons. The first-order chi connectivity index (χ1) is 15.6. The summed E-state index contributed by atoms with van der Waals surface area (Å²) in [4.78, 5) is 4.27. The van der Waals surface area contributed by atoms with Crippen molar-refractivity contribution in [3.63, 3.8) is 0 Å². The molecule has 0 unspecified atom stereocenters. The SMILES string of the molecule is O=S(=O)(NCCn1nc(-c2ccncc2)c2c1CCCC2)c1ccc2c(c1)OCCCO2. The Morgan fingerprint density at radius 3 is 2.59 bits per heavy atom. The Morgan fingerprint density at radius 2 is 1.75 bits per heavy atom. The minimum atomic E-state index is -3.68. The van der Waals surface area contributed by atoms with Gasteiger partial charge in [0.25, 0.3) is 0 Å². The molecule has 0 fully saturated rings. The number of nitrogens with zero attached hydrogens (tertiary/aromatic N) is 3. The highest BCUT2D eigenvalue weighted by molar-refractivity contribution is 7.89. The average Bonchev–Trinajstić information content (AvgIpc) is 3.01. The van der Waals surface area contributed by atoms with Crippen LogP contribution in [0.4, 0.5) is 0 Å². The van der Waals surface area contributed by atoms with Crippen molar-refractivity contribution in [1.82, 2.24) is 19.5 Å². The molecule has 1 N–H and O–H groups in total. The van der Waals surface area contributed by atoms with Gasteiger partial charge in [-0.25, -0.2) is 13.1 Å².